The third kappa shape index (κ3) is 6.91. The Hall–Kier alpha value is -2.50. The Morgan fingerprint density at radius 3 is 2.54 bits per heavy atom. The van der Waals surface area contributed by atoms with Crippen LogP contribution in [-0.2, 0) is 14.3 Å². The van der Waals surface area contributed by atoms with Gasteiger partial charge in [-0.05, 0) is 50.5 Å². The van der Waals surface area contributed by atoms with Crippen LogP contribution in [0, 0.1) is 0 Å². The summed E-state index contributed by atoms with van der Waals surface area (Å²) in [5.74, 6) is 0.440. The van der Waals surface area contributed by atoms with Crippen LogP contribution in [0.3, 0.4) is 0 Å². The van der Waals surface area contributed by atoms with Gasteiger partial charge in [0.25, 0.3) is 5.91 Å². The number of hydrogen-bond acceptors (Lipinski definition) is 5. The zero-order chi connectivity index (χ0) is 20.4. The number of nitrogens with one attached hydrogen (secondary N) is 1. The van der Waals surface area contributed by atoms with E-state index in [-0.39, 0.29) is 11.9 Å². The molecule has 1 aliphatic carbocycles. The molecule has 6 nitrogen and oxygen atoms in total. The minimum absolute atomic E-state index is 0.183. The first-order valence-electron chi connectivity index (χ1n) is 10.0. The van der Waals surface area contributed by atoms with Crippen LogP contribution in [0.5, 0.6) is 11.5 Å². The monoisotopic (exact) mass is 389 g/mol. The fraction of sp³-hybridized carbons (Fsp3) is 0.545. The smallest absolute Gasteiger partial charge is 0.331 e. The predicted octanol–water partition coefficient (Wildman–Crippen LogP) is 3.88. The normalized spacial score (nSPS) is 16.2. The largest absolute Gasteiger partial charge is 0.493 e. The predicted molar refractivity (Wildman–Crippen MR) is 108 cm³/mol. The standard InChI is InChI=1S/C22H31NO5/c1-4-27-19-13-11-17(15-20(19)26-3)12-14-21(24)28-16(2)22(25)23-18-9-7-5-6-8-10-18/h11-16,18H,4-10H2,1-3H3,(H,23,25)/b14-12+/t16-/m1/s1. The summed E-state index contributed by atoms with van der Waals surface area (Å²) in [4.78, 5) is 24.3. The van der Waals surface area contributed by atoms with E-state index < -0.39 is 12.1 Å². The summed E-state index contributed by atoms with van der Waals surface area (Å²) in [6, 6.07) is 5.56. The van der Waals surface area contributed by atoms with Gasteiger partial charge < -0.3 is 19.5 Å². The molecule has 0 heterocycles. The van der Waals surface area contributed by atoms with Gasteiger partial charge in [-0.15, -0.1) is 0 Å². The van der Waals surface area contributed by atoms with Gasteiger partial charge in [-0.3, -0.25) is 4.79 Å². The summed E-state index contributed by atoms with van der Waals surface area (Å²) in [6.45, 7) is 4.03. The van der Waals surface area contributed by atoms with E-state index in [1.165, 1.54) is 18.9 Å². The van der Waals surface area contributed by atoms with Crippen LogP contribution in [0.15, 0.2) is 24.3 Å². The summed E-state index contributed by atoms with van der Waals surface area (Å²) >= 11 is 0. The Morgan fingerprint density at radius 1 is 1.18 bits per heavy atom. The van der Waals surface area contributed by atoms with Crippen molar-refractivity contribution in [3.63, 3.8) is 0 Å². The van der Waals surface area contributed by atoms with Crippen LogP contribution in [0.4, 0.5) is 0 Å². The number of esters is 1. The quantitative estimate of drug-likeness (QED) is 0.415. The highest BCUT2D eigenvalue weighted by atomic mass is 16.5. The maximum atomic E-state index is 12.3. The maximum absolute atomic E-state index is 12.3. The van der Waals surface area contributed by atoms with Crippen molar-refractivity contribution >= 4 is 18.0 Å². The van der Waals surface area contributed by atoms with Gasteiger partial charge in [0.1, 0.15) is 0 Å². The first-order chi connectivity index (χ1) is 13.5. The van der Waals surface area contributed by atoms with Crippen LogP contribution in [0.25, 0.3) is 6.08 Å². The fourth-order valence-electron chi connectivity index (χ4n) is 3.24. The highest BCUT2D eigenvalue weighted by Gasteiger charge is 2.21. The van der Waals surface area contributed by atoms with E-state index in [4.69, 9.17) is 14.2 Å². The van der Waals surface area contributed by atoms with Crippen LogP contribution in [0.2, 0.25) is 0 Å². The molecule has 1 aromatic carbocycles. The average molecular weight is 389 g/mol. The van der Waals surface area contributed by atoms with E-state index in [0.717, 1.165) is 31.2 Å². The highest BCUT2D eigenvalue weighted by molar-refractivity contribution is 5.90. The third-order valence-electron chi connectivity index (χ3n) is 4.76. The Morgan fingerprint density at radius 2 is 1.89 bits per heavy atom. The molecule has 0 unspecified atom stereocenters. The van der Waals surface area contributed by atoms with Gasteiger partial charge in [-0.2, -0.15) is 0 Å². The van der Waals surface area contributed by atoms with Gasteiger partial charge in [0.2, 0.25) is 0 Å². The minimum atomic E-state index is -0.824. The molecule has 0 spiro atoms. The van der Waals surface area contributed by atoms with Crippen molar-refractivity contribution in [3.05, 3.63) is 29.8 Å². The summed E-state index contributed by atoms with van der Waals surface area (Å²) in [5.41, 5.74) is 0.771. The summed E-state index contributed by atoms with van der Waals surface area (Å²) in [6.07, 6.45) is 8.80. The first-order valence-corrected chi connectivity index (χ1v) is 10.0. The lowest BCUT2D eigenvalue weighted by Crippen LogP contribution is -2.41. The Kier molecular flexibility index (Phi) is 8.85. The first kappa shape index (κ1) is 21.8. The Labute approximate surface area is 167 Å². The Bertz CT molecular complexity index is 678. The second-order valence-corrected chi connectivity index (χ2v) is 6.95. The highest BCUT2D eigenvalue weighted by Crippen LogP contribution is 2.28. The number of carbonyl (C=O) groups is 2. The number of rotatable bonds is 8. The van der Waals surface area contributed by atoms with E-state index in [0.29, 0.717) is 18.1 Å². The summed E-state index contributed by atoms with van der Waals surface area (Å²) in [7, 11) is 1.56. The molecule has 2 rings (SSSR count). The maximum Gasteiger partial charge on any atom is 0.331 e. The summed E-state index contributed by atoms with van der Waals surface area (Å²) < 4.78 is 16.0. The zero-order valence-electron chi connectivity index (χ0n) is 17.0. The minimum Gasteiger partial charge on any atom is -0.493 e. The zero-order valence-corrected chi connectivity index (χ0v) is 17.0. The number of carbonyl (C=O) groups excluding carboxylic acids is 2. The fourth-order valence-corrected chi connectivity index (χ4v) is 3.24. The topological polar surface area (TPSA) is 73.9 Å². The van der Waals surface area contributed by atoms with Crippen LogP contribution in [-0.4, -0.2) is 37.7 Å². The molecule has 1 aromatic rings. The van der Waals surface area contributed by atoms with Crippen LogP contribution >= 0.6 is 0 Å². The number of ether oxygens (including phenoxy) is 3. The molecular weight excluding hydrogens is 358 g/mol. The third-order valence-corrected chi connectivity index (χ3v) is 4.76. The number of methoxy groups -OCH3 is 1. The molecule has 0 saturated heterocycles. The van der Waals surface area contributed by atoms with Crippen molar-refractivity contribution in [1.82, 2.24) is 5.32 Å². The van der Waals surface area contributed by atoms with E-state index in [1.54, 1.807) is 32.2 Å². The molecule has 1 aliphatic rings. The van der Waals surface area contributed by atoms with Crippen molar-refractivity contribution in [2.45, 2.75) is 64.5 Å². The second-order valence-electron chi connectivity index (χ2n) is 6.95. The van der Waals surface area contributed by atoms with Gasteiger partial charge in [-0.25, -0.2) is 4.79 Å². The molecule has 1 atom stereocenters. The number of benzene rings is 1. The van der Waals surface area contributed by atoms with Gasteiger partial charge in [0.15, 0.2) is 17.6 Å². The second kappa shape index (κ2) is 11.4. The molecule has 1 N–H and O–H groups in total. The van der Waals surface area contributed by atoms with E-state index in [2.05, 4.69) is 5.32 Å². The van der Waals surface area contributed by atoms with Gasteiger partial charge in [0.05, 0.1) is 13.7 Å². The lowest BCUT2D eigenvalue weighted by Gasteiger charge is -2.19. The molecule has 6 heteroatoms. The molecule has 1 amide bonds. The molecular formula is C22H31NO5. The molecule has 0 bridgehead atoms. The number of amides is 1. The van der Waals surface area contributed by atoms with Gasteiger partial charge in [0, 0.05) is 12.1 Å². The van der Waals surface area contributed by atoms with E-state index in [1.807, 2.05) is 13.0 Å². The lowest BCUT2D eigenvalue weighted by atomic mass is 10.1. The SMILES string of the molecule is CCOc1ccc(/C=C/C(=O)O[C@H](C)C(=O)NC2CCCCCC2)cc1OC. The van der Waals surface area contributed by atoms with Crippen LogP contribution in [0.1, 0.15) is 57.9 Å². The van der Waals surface area contributed by atoms with Crippen molar-refractivity contribution in [1.29, 1.82) is 0 Å². The molecule has 28 heavy (non-hydrogen) atoms. The van der Waals surface area contributed by atoms with Crippen LogP contribution < -0.4 is 14.8 Å². The molecule has 1 fully saturated rings. The molecule has 1 saturated carbocycles. The molecule has 0 aromatic heterocycles. The van der Waals surface area contributed by atoms with Crippen molar-refractivity contribution in [3.8, 4) is 11.5 Å². The Balaban J connectivity index is 1.87. The van der Waals surface area contributed by atoms with Gasteiger partial charge in [-0.1, -0.05) is 31.7 Å². The molecule has 0 radical (unpaired) electrons. The number of hydrogen-bond donors (Lipinski definition) is 1. The molecule has 154 valence electrons. The average Bonchev–Trinajstić information content (AvgIpc) is 2.96. The summed E-state index contributed by atoms with van der Waals surface area (Å²) in [5, 5.41) is 3.00. The molecule has 0 aliphatic heterocycles. The van der Waals surface area contributed by atoms with Crippen molar-refractivity contribution in [2.75, 3.05) is 13.7 Å². The van der Waals surface area contributed by atoms with Gasteiger partial charge >= 0.3 is 5.97 Å². The van der Waals surface area contributed by atoms with Crippen molar-refractivity contribution < 1.29 is 23.8 Å². The van der Waals surface area contributed by atoms with Crippen molar-refractivity contribution in [2.24, 2.45) is 0 Å². The van der Waals surface area contributed by atoms with E-state index >= 15 is 0 Å². The van der Waals surface area contributed by atoms with E-state index in [9.17, 15) is 9.59 Å². The lowest BCUT2D eigenvalue weighted by molar-refractivity contribution is -0.150.